The third kappa shape index (κ3) is 2.18. The first-order valence-corrected chi connectivity index (χ1v) is 4.04. The Kier molecular flexibility index (Phi) is 2.84. The van der Waals surface area contributed by atoms with E-state index in [4.69, 9.17) is 5.73 Å². The minimum absolute atomic E-state index is 0.508. The van der Waals surface area contributed by atoms with Crippen LogP contribution in [0.1, 0.15) is 16.8 Å². The summed E-state index contributed by atoms with van der Waals surface area (Å²) < 4.78 is 0. The van der Waals surface area contributed by atoms with Gasteiger partial charge in [-0.3, -0.25) is 4.79 Å². The Morgan fingerprint density at radius 2 is 2.31 bits per heavy atom. The smallest absolute Gasteiger partial charge is 0.207 e. The number of amides is 1. The van der Waals surface area contributed by atoms with E-state index in [1.807, 2.05) is 13.8 Å². The topological polar surface area (TPSA) is 68.0 Å². The van der Waals surface area contributed by atoms with Crippen LogP contribution >= 0.6 is 0 Å². The average molecular weight is 179 g/mol. The van der Waals surface area contributed by atoms with Crippen molar-refractivity contribution in [3.8, 4) is 0 Å². The maximum Gasteiger partial charge on any atom is 0.207 e. The van der Waals surface area contributed by atoms with Gasteiger partial charge in [-0.2, -0.15) is 0 Å². The number of hydrogen-bond acceptors (Lipinski definition) is 3. The first kappa shape index (κ1) is 9.51. The summed E-state index contributed by atoms with van der Waals surface area (Å²) in [4.78, 5) is 14.2. The molecule has 1 rings (SSSR count). The molecule has 0 spiro atoms. The number of nitrogen functional groups attached to an aromatic ring is 1. The van der Waals surface area contributed by atoms with Crippen molar-refractivity contribution >= 4 is 12.2 Å². The standard InChI is InChI=1S/C9H13N3O/c1-6-3-9(10)12-7(2)8(6)4-11-5-13/h3,5H,4H2,1-2H3,(H2,10,12)(H,11,13). The zero-order chi connectivity index (χ0) is 9.84. The Morgan fingerprint density at radius 3 is 2.85 bits per heavy atom. The van der Waals surface area contributed by atoms with Crippen molar-refractivity contribution in [2.75, 3.05) is 5.73 Å². The largest absolute Gasteiger partial charge is 0.384 e. The van der Waals surface area contributed by atoms with Crippen LogP contribution < -0.4 is 11.1 Å². The second-order valence-corrected chi connectivity index (χ2v) is 2.93. The highest BCUT2D eigenvalue weighted by atomic mass is 16.1. The van der Waals surface area contributed by atoms with Gasteiger partial charge >= 0.3 is 0 Å². The van der Waals surface area contributed by atoms with Crippen LogP contribution in [0.2, 0.25) is 0 Å². The van der Waals surface area contributed by atoms with E-state index in [0.29, 0.717) is 18.8 Å². The fraction of sp³-hybridized carbons (Fsp3) is 0.333. The van der Waals surface area contributed by atoms with Gasteiger partial charge < -0.3 is 11.1 Å². The lowest BCUT2D eigenvalue weighted by molar-refractivity contribution is -0.109. The molecule has 4 heteroatoms. The minimum atomic E-state index is 0.508. The zero-order valence-corrected chi connectivity index (χ0v) is 7.79. The minimum Gasteiger partial charge on any atom is -0.384 e. The van der Waals surface area contributed by atoms with E-state index in [-0.39, 0.29) is 0 Å². The SMILES string of the molecule is Cc1cc(N)nc(C)c1CNC=O. The van der Waals surface area contributed by atoms with Gasteiger partial charge in [-0.1, -0.05) is 0 Å². The van der Waals surface area contributed by atoms with E-state index in [1.165, 1.54) is 0 Å². The molecule has 0 bridgehead atoms. The molecule has 0 saturated heterocycles. The predicted molar refractivity (Wildman–Crippen MR) is 51.0 cm³/mol. The fourth-order valence-electron chi connectivity index (χ4n) is 1.30. The first-order valence-electron chi connectivity index (χ1n) is 4.04. The van der Waals surface area contributed by atoms with Crippen molar-refractivity contribution in [2.24, 2.45) is 0 Å². The van der Waals surface area contributed by atoms with Gasteiger partial charge in [0.25, 0.3) is 0 Å². The zero-order valence-electron chi connectivity index (χ0n) is 7.79. The molecule has 0 aliphatic carbocycles. The lowest BCUT2D eigenvalue weighted by atomic mass is 10.1. The van der Waals surface area contributed by atoms with Crippen LogP contribution in [0.3, 0.4) is 0 Å². The Bertz CT molecular complexity index is 300. The van der Waals surface area contributed by atoms with Crippen LogP contribution in [-0.2, 0) is 11.3 Å². The van der Waals surface area contributed by atoms with Crippen LogP contribution in [0.25, 0.3) is 0 Å². The molecule has 4 nitrogen and oxygen atoms in total. The van der Waals surface area contributed by atoms with Crippen LogP contribution in [0.4, 0.5) is 5.82 Å². The van der Waals surface area contributed by atoms with E-state index >= 15 is 0 Å². The number of rotatable bonds is 3. The highest BCUT2D eigenvalue weighted by molar-refractivity contribution is 5.48. The molecule has 0 saturated carbocycles. The molecule has 0 aromatic carbocycles. The summed E-state index contributed by atoms with van der Waals surface area (Å²) in [5.74, 6) is 0.518. The molecule has 1 aromatic heterocycles. The summed E-state index contributed by atoms with van der Waals surface area (Å²) >= 11 is 0. The normalized spacial score (nSPS) is 9.69. The molecular weight excluding hydrogens is 166 g/mol. The molecule has 0 atom stereocenters. The number of hydrogen-bond donors (Lipinski definition) is 2. The van der Waals surface area contributed by atoms with Gasteiger partial charge in [-0.15, -0.1) is 0 Å². The Morgan fingerprint density at radius 1 is 1.62 bits per heavy atom. The molecule has 0 fully saturated rings. The highest BCUT2D eigenvalue weighted by Crippen LogP contribution is 2.13. The predicted octanol–water partition coefficient (Wildman–Crippen LogP) is 0.527. The summed E-state index contributed by atoms with van der Waals surface area (Å²) in [6.45, 7) is 4.34. The van der Waals surface area contributed by atoms with Crippen molar-refractivity contribution in [2.45, 2.75) is 20.4 Å². The van der Waals surface area contributed by atoms with Gasteiger partial charge in [-0.25, -0.2) is 4.98 Å². The van der Waals surface area contributed by atoms with Crippen molar-refractivity contribution in [1.29, 1.82) is 0 Å². The Labute approximate surface area is 77.2 Å². The van der Waals surface area contributed by atoms with E-state index in [1.54, 1.807) is 6.07 Å². The number of anilines is 1. The Balaban J connectivity index is 2.98. The summed E-state index contributed by atoms with van der Waals surface area (Å²) in [6.07, 6.45) is 0.676. The molecule has 0 aliphatic rings. The van der Waals surface area contributed by atoms with E-state index in [0.717, 1.165) is 16.8 Å². The van der Waals surface area contributed by atoms with Crippen LogP contribution in [-0.4, -0.2) is 11.4 Å². The molecular formula is C9H13N3O. The summed E-state index contributed by atoms with van der Waals surface area (Å²) in [5, 5.41) is 2.60. The van der Waals surface area contributed by atoms with Gasteiger partial charge in [0.1, 0.15) is 5.82 Å². The number of carbonyl (C=O) groups excluding carboxylic acids is 1. The second kappa shape index (κ2) is 3.89. The van der Waals surface area contributed by atoms with Crippen molar-refractivity contribution < 1.29 is 4.79 Å². The van der Waals surface area contributed by atoms with Gasteiger partial charge in [0, 0.05) is 12.2 Å². The summed E-state index contributed by atoms with van der Waals surface area (Å²) in [5.41, 5.74) is 8.51. The molecule has 0 unspecified atom stereocenters. The summed E-state index contributed by atoms with van der Waals surface area (Å²) in [7, 11) is 0. The average Bonchev–Trinajstić information content (AvgIpc) is 2.02. The maximum absolute atomic E-state index is 10.1. The van der Waals surface area contributed by atoms with Crippen molar-refractivity contribution in [3.05, 3.63) is 22.9 Å². The number of nitrogens with two attached hydrogens (primary N) is 1. The van der Waals surface area contributed by atoms with Crippen molar-refractivity contribution in [1.82, 2.24) is 10.3 Å². The lowest BCUT2D eigenvalue weighted by Crippen LogP contribution is -2.13. The van der Waals surface area contributed by atoms with E-state index in [2.05, 4.69) is 10.3 Å². The molecule has 70 valence electrons. The monoisotopic (exact) mass is 179 g/mol. The van der Waals surface area contributed by atoms with E-state index in [9.17, 15) is 4.79 Å². The van der Waals surface area contributed by atoms with E-state index < -0.39 is 0 Å². The fourth-order valence-corrected chi connectivity index (χ4v) is 1.30. The molecule has 0 aliphatic heterocycles. The second-order valence-electron chi connectivity index (χ2n) is 2.93. The maximum atomic E-state index is 10.1. The van der Waals surface area contributed by atoms with Gasteiger partial charge in [-0.05, 0) is 31.0 Å². The number of nitrogens with zero attached hydrogens (tertiary/aromatic N) is 1. The van der Waals surface area contributed by atoms with Gasteiger partial charge in [0.05, 0.1) is 0 Å². The summed E-state index contributed by atoms with van der Waals surface area (Å²) in [6, 6.07) is 1.80. The molecule has 1 aromatic rings. The third-order valence-electron chi connectivity index (χ3n) is 1.94. The molecule has 1 heterocycles. The van der Waals surface area contributed by atoms with Gasteiger partial charge in [0.15, 0.2) is 0 Å². The Hall–Kier alpha value is -1.58. The number of carbonyl (C=O) groups is 1. The molecule has 1 amide bonds. The van der Waals surface area contributed by atoms with Crippen LogP contribution in [0, 0.1) is 13.8 Å². The highest BCUT2D eigenvalue weighted by Gasteiger charge is 2.03. The molecule has 13 heavy (non-hydrogen) atoms. The quantitative estimate of drug-likeness (QED) is 0.665. The number of aryl methyl sites for hydroxylation is 2. The number of pyridine rings is 1. The van der Waals surface area contributed by atoms with Crippen molar-refractivity contribution in [3.63, 3.8) is 0 Å². The number of nitrogens with one attached hydrogen (secondary N) is 1. The van der Waals surface area contributed by atoms with Crippen LogP contribution in [0.5, 0.6) is 0 Å². The molecule has 3 N–H and O–H groups in total. The third-order valence-corrected chi connectivity index (χ3v) is 1.94. The molecule has 0 radical (unpaired) electrons. The number of aromatic nitrogens is 1. The van der Waals surface area contributed by atoms with Gasteiger partial charge in [0.2, 0.25) is 6.41 Å². The van der Waals surface area contributed by atoms with Crippen LogP contribution in [0.15, 0.2) is 6.07 Å². The lowest BCUT2D eigenvalue weighted by Gasteiger charge is -2.08. The first-order chi connectivity index (χ1) is 6.15.